The fraction of sp³-hybridized carbons (Fsp3) is 0.150. The Balaban J connectivity index is 1.63. The number of aryl methyl sites for hydroxylation is 2. The number of nitrogens with zero attached hydrogens (tertiary/aromatic N) is 1. The minimum absolute atomic E-state index is 0.121. The molecule has 2 aromatic heterocycles. The fourth-order valence-corrected chi connectivity index (χ4v) is 3.98. The molecule has 0 radical (unpaired) electrons. The lowest BCUT2D eigenvalue weighted by molar-refractivity contribution is 0.0957. The predicted molar refractivity (Wildman–Crippen MR) is 112 cm³/mol. The number of rotatable bonds is 5. The van der Waals surface area contributed by atoms with Crippen LogP contribution in [0.5, 0.6) is 0 Å². The van der Waals surface area contributed by atoms with Crippen LogP contribution in [0.1, 0.15) is 42.3 Å². The van der Waals surface area contributed by atoms with Crippen LogP contribution in [0, 0.1) is 13.8 Å². The molecule has 0 unspecified atom stereocenters. The molecule has 3 aromatic rings. The zero-order valence-corrected chi connectivity index (χ0v) is 16.8. The number of anilines is 1. The van der Waals surface area contributed by atoms with E-state index in [1.807, 2.05) is 68.6 Å². The number of amides is 2. The molecule has 0 bridgehead atoms. The van der Waals surface area contributed by atoms with Crippen LogP contribution in [0.25, 0.3) is 0 Å². The molecule has 138 valence electrons. The number of carbonyl (C=O) groups excluding carboxylic acids is 2. The normalized spacial score (nSPS) is 11.3. The van der Waals surface area contributed by atoms with Gasteiger partial charge in [-0.15, -0.1) is 22.7 Å². The Labute approximate surface area is 165 Å². The molecule has 0 spiro atoms. The molecule has 3 rings (SSSR count). The van der Waals surface area contributed by atoms with E-state index in [9.17, 15) is 9.59 Å². The highest BCUT2D eigenvalue weighted by atomic mass is 32.1. The van der Waals surface area contributed by atoms with Gasteiger partial charge in [-0.2, -0.15) is 5.10 Å². The summed E-state index contributed by atoms with van der Waals surface area (Å²) in [5.74, 6) is -0.332. The Bertz CT molecular complexity index is 1000. The Kier molecular flexibility index (Phi) is 5.83. The fourth-order valence-electron chi connectivity index (χ4n) is 2.40. The molecule has 1 aromatic carbocycles. The molecular formula is C20H19N3O2S2. The van der Waals surface area contributed by atoms with Crippen molar-refractivity contribution in [2.45, 2.75) is 20.8 Å². The van der Waals surface area contributed by atoms with Gasteiger partial charge in [0.25, 0.3) is 11.8 Å². The first-order valence-corrected chi connectivity index (χ1v) is 10.0. The van der Waals surface area contributed by atoms with Crippen molar-refractivity contribution in [2.24, 2.45) is 5.10 Å². The predicted octanol–water partition coefficient (Wildman–Crippen LogP) is 4.83. The molecule has 0 aliphatic carbocycles. The van der Waals surface area contributed by atoms with Crippen molar-refractivity contribution in [3.63, 3.8) is 0 Å². The number of benzene rings is 1. The van der Waals surface area contributed by atoms with Gasteiger partial charge >= 0.3 is 0 Å². The van der Waals surface area contributed by atoms with Crippen LogP contribution in [-0.4, -0.2) is 17.5 Å². The first-order valence-electron chi connectivity index (χ1n) is 8.31. The zero-order chi connectivity index (χ0) is 19.4. The van der Waals surface area contributed by atoms with Gasteiger partial charge in [0, 0.05) is 10.6 Å². The van der Waals surface area contributed by atoms with Crippen molar-refractivity contribution in [2.75, 3.05) is 5.32 Å². The SMILES string of the molecule is CC(=NNC(=O)c1sccc1C)c1ccc(NC(=O)c2ccc(C)s2)cc1. The summed E-state index contributed by atoms with van der Waals surface area (Å²) in [6, 6.07) is 13.0. The smallest absolute Gasteiger partial charge is 0.281 e. The highest BCUT2D eigenvalue weighted by Gasteiger charge is 2.10. The van der Waals surface area contributed by atoms with E-state index < -0.39 is 0 Å². The Morgan fingerprint density at radius 3 is 2.30 bits per heavy atom. The molecule has 7 heteroatoms. The number of hydrogen-bond acceptors (Lipinski definition) is 5. The molecule has 0 aliphatic rings. The highest BCUT2D eigenvalue weighted by Crippen LogP contribution is 2.18. The van der Waals surface area contributed by atoms with Crippen molar-refractivity contribution >= 4 is 45.9 Å². The van der Waals surface area contributed by atoms with Crippen molar-refractivity contribution < 1.29 is 9.59 Å². The van der Waals surface area contributed by atoms with Gasteiger partial charge in [0.1, 0.15) is 0 Å². The molecule has 0 aliphatic heterocycles. The molecule has 0 fully saturated rings. The van der Waals surface area contributed by atoms with Crippen molar-refractivity contribution in [1.29, 1.82) is 0 Å². The summed E-state index contributed by atoms with van der Waals surface area (Å²) in [6.07, 6.45) is 0. The van der Waals surface area contributed by atoms with Gasteiger partial charge in [0.15, 0.2) is 0 Å². The van der Waals surface area contributed by atoms with Crippen LogP contribution in [0.4, 0.5) is 5.69 Å². The van der Waals surface area contributed by atoms with Crippen LogP contribution >= 0.6 is 22.7 Å². The molecule has 0 saturated heterocycles. The van der Waals surface area contributed by atoms with E-state index in [4.69, 9.17) is 0 Å². The average Bonchev–Trinajstić information content (AvgIpc) is 3.28. The molecule has 0 saturated carbocycles. The standard InChI is InChI=1S/C20H19N3O2S2/c1-12-10-11-26-18(12)20(25)23-22-14(3)15-5-7-16(8-6-15)21-19(24)17-9-4-13(2)27-17/h4-11H,1-3H3,(H,21,24)(H,23,25). The Morgan fingerprint density at radius 1 is 0.963 bits per heavy atom. The molecular weight excluding hydrogens is 378 g/mol. The number of carbonyl (C=O) groups is 2. The number of nitrogens with one attached hydrogen (secondary N) is 2. The number of hydrogen-bond donors (Lipinski definition) is 2. The average molecular weight is 398 g/mol. The Hall–Kier alpha value is -2.77. The topological polar surface area (TPSA) is 70.6 Å². The third kappa shape index (κ3) is 4.69. The first kappa shape index (κ1) is 19.0. The van der Waals surface area contributed by atoms with Gasteiger partial charge in [-0.3, -0.25) is 9.59 Å². The van der Waals surface area contributed by atoms with Gasteiger partial charge in [-0.05, 0) is 67.6 Å². The van der Waals surface area contributed by atoms with Gasteiger partial charge < -0.3 is 5.32 Å². The van der Waals surface area contributed by atoms with Gasteiger partial charge in [-0.25, -0.2) is 5.43 Å². The third-order valence-corrected chi connectivity index (χ3v) is 5.93. The van der Waals surface area contributed by atoms with Crippen LogP contribution < -0.4 is 10.7 Å². The summed E-state index contributed by atoms with van der Waals surface area (Å²) in [5, 5.41) is 8.93. The van der Waals surface area contributed by atoms with Crippen LogP contribution in [-0.2, 0) is 0 Å². The van der Waals surface area contributed by atoms with Crippen LogP contribution in [0.2, 0.25) is 0 Å². The van der Waals surface area contributed by atoms with Gasteiger partial charge in [0.2, 0.25) is 0 Å². The van der Waals surface area contributed by atoms with E-state index in [-0.39, 0.29) is 11.8 Å². The maximum Gasteiger partial charge on any atom is 0.281 e. The van der Waals surface area contributed by atoms with E-state index in [2.05, 4.69) is 15.8 Å². The molecule has 2 amide bonds. The minimum Gasteiger partial charge on any atom is -0.321 e. The second-order valence-corrected chi connectivity index (χ2v) is 8.22. The summed E-state index contributed by atoms with van der Waals surface area (Å²) >= 11 is 2.85. The maximum absolute atomic E-state index is 12.2. The van der Waals surface area contributed by atoms with Crippen LogP contribution in [0.15, 0.2) is 52.9 Å². The van der Waals surface area contributed by atoms with Crippen molar-refractivity contribution in [1.82, 2.24) is 5.43 Å². The van der Waals surface area contributed by atoms with Crippen molar-refractivity contribution in [3.8, 4) is 0 Å². The lowest BCUT2D eigenvalue weighted by atomic mass is 10.1. The molecule has 2 N–H and O–H groups in total. The number of thiophene rings is 2. The van der Waals surface area contributed by atoms with Crippen LogP contribution in [0.3, 0.4) is 0 Å². The van der Waals surface area contributed by atoms with E-state index in [1.165, 1.54) is 22.7 Å². The molecule has 5 nitrogen and oxygen atoms in total. The van der Waals surface area contributed by atoms with Gasteiger partial charge in [-0.1, -0.05) is 12.1 Å². The maximum atomic E-state index is 12.2. The summed E-state index contributed by atoms with van der Waals surface area (Å²) < 4.78 is 0. The molecule has 0 atom stereocenters. The summed E-state index contributed by atoms with van der Waals surface area (Å²) in [7, 11) is 0. The molecule has 2 heterocycles. The van der Waals surface area contributed by atoms with E-state index >= 15 is 0 Å². The summed E-state index contributed by atoms with van der Waals surface area (Å²) in [6.45, 7) is 5.69. The van der Waals surface area contributed by atoms with E-state index in [0.29, 0.717) is 21.2 Å². The lowest BCUT2D eigenvalue weighted by Gasteiger charge is -2.06. The van der Waals surface area contributed by atoms with E-state index in [1.54, 1.807) is 0 Å². The highest BCUT2D eigenvalue weighted by molar-refractivity contribution is 7.14. The summed E-state index contributed by atoms with van der Waals surface area (Å²) in [4.78, 5) is 26.8. The minimum atomic E-state index is -0.211. The number of hydrazone groups is 1. The van der Waals surface area contributed by atoms with Crippen molar-refractivity contribution in [3.05, 3.63) is 73.6 Å². The lowest BCUT2D eigenvalue weighted by Crippen LogP contribution is -2.19. The Morgan fingerprint density at radius 2 is 1.70 bits per heavy atom. The quantitative estimate of drug-likeness (QED) is 0.478. The monoisotopic (exact) mass is 397 g/mol. The largest absolute Gasteiger partial charge is 0.321 e. The second-order valence-electron chi connectivity index (χ2n) is 6.01. The summed E-state index contributed by atoms with van der Waals surface area (Å²) in [5.41, 5.74) is 5.78. The van der Waals surface area contributed by atoms with Gasteiger partial charge in [0.05, 0.1) is 15.5 Å². The zero-order valence-electron chi connectivity index (χ0n) is 15.2. The first-order chi connectivity index (χ1) is 12.9. The van der Waals surface area contributed by atoms with E-state index in [0.717, 1.165) is 16.0 Å². The third-order valence-electron chi connectivity index (χ3n) is 3.92. The molecule has 27 heavy (non-hydrogen) atoms. The second kappa shape index (κ2) is 8.28.